The molecule has 0 bridgehead atoms. The summed E-state index contributed by atoms with van der Waals surface area (Å²) in [5.74, 6) is -0.726. The Morgan fingerprint density at radius 3 is 2.24 bits per heavy atom. The Hall–Kier alpha value is -0.500. The van der Waals surface area contributed by atoms with Gasteiger partial charge in [0.05, 0.1) is 24.9 Å². The lowest BCUT2D eigenvalue weighted by atomic mass is 9.96. The van der Waals surface area contributed by atoms with E-state index in [4.69, 9.17) is 15.0 Å². The molecule has 0 heterocycles. The highest BCUT2D eigenvalue weighted by Gasteiger charge is 2.26. The molecular formula is C8H18NO7P. The van der Waals surface area contributed by atoms with Gasteiger partial charge in [0.2, 0.25) is 6.41 Å². The van der Waals surface area contributed by atoms with Gasteiger partial charge >= 0.3 is 7.60 Å². The average Bonchev–Trinajstić information content (AvgIpc) is 2.23. The van der Waals surface area contributed by atoms with Gasteiger partial charge in [-0.1, -0.05) is 6.92 Å². The number of hydroxylamine groups is 2. The Labute approximate surface area is 98.6 Å². The minimum absolute atomic E-state index is 0.109. The molecule has 9 heteroatoms. The highest BCUT2D eigenvalue weighted by Crippen LogP contribution is 2.36. The van der Waals surface area contributed by atoms with Gasteiger partial charge < -0.3 is 20.0 Å². The lowest BCUT2D eigenvalue weighted by Crippen LogP contribution is -2.38. The molecule has 17 heavy (non-hydrogen) atoms. The smallest absolute Gasteiger partial charge is 0.325 e. The predicted molar refractivity (Wildman–Crippen MR) is 57.3 cm³/mol. The van der Waals surface area contributed by atoms with Crippen molar-refractivity contribution >= 4 is 14.0 Å². The molecule has 0 rings (SSSR count). The van der Waals surface area contributed by atoms with Crippen molar-refractivity contribution in [1.82, 2.24) is 5.06 Å². The molecule has 0 aliphatic rings. The van der Waals surface area contributed by atoms with Crippen LogP contribution < -0.4 is 0 Å². The number of nitrogens with zero attached hydrogens (tertiary/aromatic N) is 1. The van der Waals surface area contributed by atoms with Gasteiger partial charge in [-0.25, -0.2) is 5.06 Å². The van der Waals surface area contributed by atoms with Crippen LogP contribution in [0.2, 0.25) is 0 Å². The van der Waals surface area contributed by atoms with E-state index >= 15 is 0 Å². The summed E-state index contributed by atoms with van der Waals surface area (Å²) in [6.45, 7) is 1.07. The maximum atomic E-state index is 10.6. The standard InChI is InChI=1S/C8H18NO7P/c1-6(8(12)4-9(13)5-10)7(11)2-3-17(14,15)16/h5-8,11-13H,2-4H2,1H3,(H2,14,15,16)/t6-,7-,8+/m1/s1. The van der Waals surface area contributed by atoms with E-state index in [-0.39, 0.29) is 24.4 Å². The molecular weight excluding hydrogens is 253 g/mol. The van der Waals surface area contributed by atoms with Crippen molar-refractivity contribution in [3.8, 4) is 0 Å². The number of carbonyl (C=O) groups excluding carboxylic acids is 1. The Kier molecular flexibility index (Phi) is 6.84. The third-order valence-electron chi connectivity index (χ3n) is 2.43. The summed E-state index contributed by atoms with van der Waals surface area (Å²) in [5.41, 5.74) is 0. The number of hydrogen-bond donors (Lipinski definition) is 5. The molecule has 8 nitrogen and oxygen atoms in total. The molecule has 0 saturated carbocycles. The summed E-state index contributed by atoms with van der Waals surface area (Å²) < 4.78 is 10.6. The number of amides is 1. The fraction of sp³-hybridized carbons (Fsp3) is 0.875. The monoisotopic (exact) mass is 271 g/mol. The molecule has 0 unspecified atom stereocenters. The van der Waals surface area contributed by atoms with Crippen molar-refractivity contribution in [2.75, 3.05) is 12.7 Å². The average molecular weight is 271 g/mol. The molecule has 0 radical (unpaired) electrons. The molecule has 0 aliphatic heterocycles. The van der Waals surface area contributed by atoms with E-state index in [1.165, 1.54) is 6.92 Å². The van der Waals surface area contributed by atoms with Crippen LogP contribution in [-0.2, 0) is 9.36 Å². The third-order valence-corrected chi connectivity index (χ3v) is 3.27. The third kappa shape index (κ3) is 7.43. The first-order valence-corrected chi connectivity index (χ1v) is 6.78. The predicted octanol–water partition coefficient (Wildman–Crippen LogP) is -1.24. The number of aliphatic hydroxyl groups excluding tert-OH is 2. The van der Waals surface area contributed by atoms with Crippen LogP contribution in [0.4, 0.5) is 0 Å². The molecule has 1 amide bonds. The van der Waals surface area contributed by atoms with Crippen molar-refractivity contribution < 1.29 is 34.6 Å². The fourth-order valence-electron chi connectivity index (χ4n) is 1.22. The first kappa shape index (κ1) is 16.5. The Balaban J connectivity index is 4.15. The minimum atomic E-state index is -4.18. The number of hydrogen-bond acceptors (Lipinski definition) is 5. The molecule has 0 saturated heterocycles. The molecule has 0 spiro atoms. The minimum Gasteiger partial charge on any atom is -0.393 e. The quantitative estimate of drug-likeness (QED) is 0.161. The van der Waals surface area contributed by atoms with Crippen molar-refractivity contribution in [3.63, 3.8) is 0 Å². The van der Waals surface area contributed by atoms with Crippen LogP contribution in [0.1, 0.15) is 13.3 Å². The zero-order chi connectivity index (χ0) is 13.6. The zero-order valence-electron chi connectivity index (χ0n) is 9.38. The summed E-state index contributed by atoms with van der Waals surface area (Å²) >= 11 is 0. The molecule has 0 aliphatic carbocycles. The highest BCUT2D eigenvalue weighted by atomic mass is 31.2. The fourth-order valence-corrected chi connectivity index (χ4v) is 1.82. The molecule has 5 N–H and O–H groups in total. The second-order valence-corrected chi connectivity index (χ2v) is 5.67. The van der Waals surface area contributed by atoms with Gasteiger partial charge in [0.25, 0.3) is 0 Å². The van der Waals surface area contributed by atoms with Crippen molar-refractivity contribution in [2.24, 2.45) is 5.92 Å². The van der Waals surface area contributed by atoms with Crippen molar-refractivity contribution in [1.29, 1.82) is 0 Å². The molecule has 3 atom stereocenters. The molecule has 0 aromatic rings. The van der Waals surface area contributed by atoms with Gasteiger partial charge in [-0.15, -0.1) is 0 Å². The summed E-state index contributed by atoms with van der Waals surface area (Å²) in [6, 6.07) is 0. The van der Waals surface area contributed by atoms with Gasteiger partial charge in [-0.05, 0) is 6.42 Å². The number of aliphatic hydroxyl groups is 2. The van der Waals surface area contributed by atoms with E-state index < -0.39 is 31.9 Å². The van der Waals surface area contributed by atoms with E-state index in [9.17, 15) is 19.6 Å². The van der Waals surface area contributed by atoms with Gasteiger partial charge in [-0.2, -0.15) is 0 Å². The summed E-state index contributed by atoms with van der Waals surface area (Å²) in [5, 5.41) is 28.1. The van der Waals surface area contributed by atoms with Gasteiger partial charge in [-0.3, -0.25) is 14.6 Å². The van der Waals surface area contributed by atoms with Crippen LogP contribution in [0.3, 0.4) is 0 Å². The van der Waals surface area contributed by atoms with Crippen LogP contribution in [-0.4, -0.2) is 61.6 Å². The molecule has 0 aromatic carbocycles. The maximum absolute atomic E-state index is 10.6. The zero-order valence-corrected chi connectivity index (χ0v) is 10.3. The van der Waals surface area contributed by atoms with Crippen molar-refractivity contribution in [3.05, 3.63) is 0 Å². The largest absolute Gasteiger partial charge is 0.393 e. The number of rotatable bonds is 8. The Bertz CT molecular complexity index is 281. The summed E-state index contributed by atoms with van der Waals surface area (Å²) in [6.07, 6.45) is -2.86. The SMILES string of the molecule is C[C@H]([C@H](O)CCP(=O)(O)O)[C@@H](O)CN(O)C=O. The lowest BCUT2D eigenvalue weighted by molar-refractivity contribution is -0.158. The van der Waals surface area contributed by atoms with E-state index in [0.717, 1.165) is 0 Å². The molecule has 102 valence electrons. The van der Waals surface area contributed by atoms with Crippen LogP contribution >= 0.6 is 7.60 Å². The van der Waals surface area contributed by atoms with Gasteiger partial charge in [0.15, 0.2) is 0 Å². The first-order chi connectivity index (χ1) is 7.67. The molecule has 0 aromatic heterocycles. The van der Waals surface area contributed by atoms with E-state index in [1.54, 1.807) is 0 Å². The van der Waals surface area contributed by atoms with Crippen LogP contribution in [0.25, 0.3) is 0 Å². The van der Waals surface area contributed by atoms with E-state index in [1.807, 2.05) is 0 Å². The topological polar surface area (TPSA) is 139 Å². The van der Waals surface area contributed by atoms with Gasteiger partial charge in [0, 0.05) is 5.92 Å². The van der Waals surface area contributed by atoms with E-state index in [2.05, 4.69) is 0 Å². The van der Waals surface area contributed by atoms with Crippen LogP contribution in [0.5, 0.6) is 0 Å². The number of carbonyl (C=O) groups is 1. The summed E-state index contributed by atoms with van der Waals surface area (Å²) in [7, 11) is -4.18. The Morgan fingerprint density at radius 1 is 1.29 bits per heavy atom. The normalized spacial score (nSPS) is 17.3. The second kappa shape index (κ2) is 7.05. The Morgan fingerprint density at radius 2 is 1.82 bits per heavy atom. The van der Waals surface area contributed by atoms with Crippen LogP contribution in [0.15, 0.2) is 0 Å². The first-order valence-electron chi connectivity index (χ1n) is 4.99. The lowest BCUT2D eigenvalue weighted by Gasteiger charge is -2.25. The highest BCUT2D eigenvalue weighted by molar-refractivity contribution is 7.51. The van der Waals surface area contributed by atoms with E-state index in [0.29, 0.717) is 0 Å². The molecule has 0 fully saturated rings. The summed E-state index contributed by atoms with van der Waals surface area (Å²) in [4.78, 5) is 27.3. The van der Waals surface area contributed by atoms with Crippen LogP contribution in [0, 0.1) is 5.92 Å². The second-order valence-electron chi connectivity index (χ2n) is 3.90. The van der Waals surface area contributed by atoms with Gasteiger partial charge in [0.1, 0.15) is 0 Å². The maximum Gasteiger partial charge on any atom is 0.325 e. The van der Waals surface area contributed by atoms with Crippen molar-refractivity contribution in [2.45, 2.75) is 25.6 Å².